The van der Waals surface area contributed by atoms with Crippen molar-refractivity contribution in [3.8, 4) is 11.5 Å². The SMILES string of the molecule is CC(=O)Oc1ccc2c(c1)O/C(=C\c1ccc(Cl)cc1Cl)C2=O. The highest BCUT2D eigenvalue weighted by Gasteiger charge is 2.28. The summed E-state index contributed by atoms with van der Waals surface area (Å²) in [5, 5.41) is 0.920. The zero-order valence-corrected chi connectivity index (χ0v) is 13.4. The number of halogens is 2. The first-order valence-corrected chi connectivity index (χ1v) is 7.41. The molecule has 0 radical (unpaired) electrons. The van der Waals surface area contributed by atoms with E-state index in [4.69, 9.17) is 32.7 Å². The lowest BCUT2D eigenvalue weighted by atomic mass is 10.1. The summed E-state index contributed by atoms with van der Waals surface area (Å²) in [5.74, 6) is 0.0856. The van der Waals surface area contributed by atoms with Gasteiger partial charge in [-0.05, 0) is 35.9 Å². The number of ether oxygens (including phenoxy) is 2. The summed E-state index contributed by atoms with van der Waals surface area (Å²) in [6.07, 6.45) is 1.55. The summed E-state index contributed by atoms with van der Waals surface area (Å²) in [5.41, 5.74) is 1.02. The quantitative estimate of drug-likeness (QED) is 0.454. The van der Waals surface area contributed by atoms with Gasteiger partial charge in [-0.15, -0.1) is 0 Å². The van der Waals surface area contributed by atoms with Crippen LogP contribution in [-0.2, 0) is 4.79 Å². The van der Waals surface area contributed by atoms with E-state index in [0.717, 1.165) is 0 Å². The van der Waals surface area contributed by atoms with E-state index in [2.05, 4.69) is 0 Å². The van der Waals surface area contributed by atoms with E-state index in [1.807, 2.05) is 0 Å². The number of esters is 1. The monoisotopic (exact) mass is 348 g/mol. The second-order valence-electron chi connectivity index (χ2n) is 4.86. The van der Waals surface area contributed by atoms with Crippen molar-refractivity contribution in [3.05, 3.63) is 63.3 Å². The Bertz CT molecular complexity index is 856. The molecular formula is C17H10Cl2O4. The number of rotatable bonds is 2. The minimum Gasteiger partial charge on any atom is -0.452 e. The standard InChI is InChI=1S/C17H10Cl2O4/c1-9(20)22-12-4-5-13-15(8-12)23-16(17(13)21)6-10-2-3-11(18)7-14(10)19/h2-8H,1H3/b16-6-. The average molecular weight is 349 g/mol. The maximum absolute atomic E-state index is 12.3. The molecule has 4 nitrogen and oxygen atoms in total. The lowest BCUT2D eigenvalue weighted by Gasteiger charge is -2.03. The van der Waals surface area contributed by atoms with Crippen LogP contribution >= 0.6 is 23.2 Å². The van der Waals surface area contributed by atoms with Crippen LogP contribution in [0.4, 0.5) is 0 Å². The molecule has 0 fully saturated rings. The Hall–Kier alpha value is -2.30. The first-order chi connectivity index (χ1) is 10.9. The van der Waals surface area contributed by atoms with Crippen molar-refractivity contribution in [3.63, 3.8) is 0 Å². The molecule has 0 atom stereocenters. The van der Waals surface area contributed by atoms with Crippen LogP contribution in [0.3, 0.4) is 0 Å². The van der Waals surface area contributed by atoms with E-state index >= 15 is 0 Å². The number of Topliss-reactive ketones (excluding diaryl/α,β-unsaturated/α-hetero) is 1. The first kappa shape index (κ1) is 15.6. The predicted molar refractivity (Wildman–Crippen MR) is 87.1 cm³/mol. The largest absolute Gasteiger partial charge is 0.452 e. The number of fused-ring (bicyclic) bond motifs is 1. The fraction of sp³-hybridized carbons (Fsp3) is 0.0588. The lowest BCUT2D eigenvalue weighted by Crippen LogP contribution is -2.01. The maximum atomic E-state index is 12.3. The number of carbonyl (C=O) groups excluding carboxylic acids is 2. The third-order valence-corrected chi connectivity index (χ3v) is 3.71. The second-order valence-corrected chi connectivity index (χ2v) is 5.70. The van der Waals surface area contributed by atoms with Gasteiger partial charge in [0, 0.05) is 23.0 Å². The molecule has 6 heteroatoms. The highest BCUT2D eigenvalue weighted by Crippen LogP contribution is 2.35. The fourth-order valence-electron chi connectivity index (χ4n) is 2.16. The van der Waals surface area contributed by atoms with Crippen LogP contribution < -0.4 is 9.47 Å². The van der Waals surface area contributed by atoms with Crippen molar-refractivity contribution in [2.24, 2.45) is 0 Å². The van der Waals surface area contributed by atoms with Crippen LogP contribution in [0.2, 0.25) is 10.0 Å². The second kappa shape index (κ2) is 6.07. The summed E-state index contributed by atoms with van der Waals surface area (Å²) in [4.78, 5) is 23.3. The molecule has 0 aliphatic carbocycles. The van der Waals surface area contributed by atoms with Gasteiger partial charge in [-0.2, -0.15) is 0 Å². The van der Waals surface area contributed by atoms with Gasteiger partial charge in [-0.3, -0.25) is 9.59 Å². The molecule has 0 aromatic heterocycles. The molecular weight excluding hydrogens is 339 g/mol. The van der Waals surface area contributed by atoms with E-state index in [-0.39, 0.29) is 11.5 Å². The van der Waals surface area contributed by atoms with Crippen LogP contribution in [0, 0.1) is 0 Å². The van der Waals surface area contributed by atoms with E-state index in [1.54, 1.807) is 36.4 Å². The molecule has 1 heterocycles. The van der Waals surface area contributed by atoms with Gasteiger partial charge >= 0.3 is 5.97 Å². The zero-order valence-electron chi connectivity index (χ0n) is 11.9. The molecule has 2 aromatic rings. The summed E-state index contributed by atoms with van der Waals surface area (Å²) in [6, 6.07) is 9.55. The Kier molecular flexibility index (Phi) is 4.11. The highest BCUT2D eigenvalue weighted by atomic mass is 35.5. The third kappa shape index (κ3) is 3.23. The Balaban J connectivity index is 1.93. The number of carbonyl (C=O) groups is 2. The van der Waals surface area contributed by atoms with Crippen LogP contribution in [-0.4, -0.2) is 11.8 Å². The Labute approximate surface area is 142 Å². The number of allylic oxidation sites excluding steroid dienone is 1. The van der Waals surface area contributed by atoms with E-state index in [0.29, 0.717) is 32.7 Å². The number of ketones is 1. The number of hydrogen-bond acceptors (Lipinski definition) is 4. The topological polar surface area (TPSA) is 52.6 Å². The highest BCUT2D eigenvalue weighted by molar-refractivity contribution is 6.35. The summed E-state index contributed by atoms with van der Waals surface area (Å²) in [7, 11) is 0. The van der Waals surface area contributed by atoms with Crippen molar-refractivity contribution in [2.75, 3.05) is 0 Å². The minimum absolute atomic E-state index is 0.143. The van der Waals surface area contributed by atoms with Crippen LogP contribution in [0.15, 0.2) is 42.2 Å². The van der Waals surface area contributed by atoms with E-state index < -0.39 is 5.97 Å². The van der Waals surface area contributed by atoms with Gasteiger partial charge in [0.15, 0.2) is 5.76 Å². The normalized spacial score (nSPS) is 14.6. The van der Waals surface area contributed by atoms with Gasteiger partial charge in [0.25, 0.3) is 0 Å². The van der Waals surface area contributed by atoms with Gasteiger partial charge in [-0.1, -0.05) is 29.3 Å². The van der Waals surface area contributed by atoms with Crippen LogP contribution in [0.1, 0.15) is 22.8 Å². The molecule has 1 aliphatic rings. The first-order valence-electron chi connectivity index (χ1n) is 6.66. The smallest absolute Gasteiger partial charge is 0.308 e. The molecule has 0 unspecified atom stereocenters. The molecule has 23 heavy (non-hydrogen) atoms. The average Bonchev–Trinajstić information content (AvgIpc) is 2.77. The summed E-state index contributed by atoms with van der Waals surface area (Å²) < 4.78 is 10.5. The zero-order chi connectivity index (χ0) is 16.6. The van der Waals surface area contributed by atoms with Crippen molar-refractivity contribution in [2.45, 2.75) is 6.92 Å². The molecule has 3 rings (SSSR count). The Morgan fingerprint density at radius 3 is 2.65 bits per heavy atom. The third-order valence-electron chi connectivity index (χ3n) is 3.15. The Morgan fingerprint density at radius 1 is 1.17 bits per heavy atom. The molecule has 116 valence electrons. The molecule has 0 saturated carbocycles. The maximum Gasteiger partial charge on any atom is 0.308 e. The van der Waals surface area contributed by atoms with Gasteiger partial charge in [0.1, 0.15) is 11.5 Å². The molecule has 1 aliphatic heterocycles. The van der Waals surface area contributed by atoms with E-state index in [1.165, 1.54) is 13.0 Å². The number of benzene rings is 2. The van der Waals surface area contributed by atoms with Crippen LogP contribution in [0.25, 0.3) is 6.08 Å². The van der Waals surface area contributed by atoms with Gasteiger partial charge < -0.3 is 9.47 Å². The molecule has 0 bridgehead atoms. The van der Waals surface area contributed by atoms with Crippen molar-refractivity contribution < 1.29 is 19.1 Å². The molecule has 2 aromatic carbocycles. The van der Waals surface area contributed by atoms with Gasteiger partial charge in [0.2, 0.25) is 5.78 Å². The van der Waals surface area contributed by atoms with Crippen molar-refractivity contribution in [1.29, 1.82) is 0 Å². The molecule has 0 saturated heterocycles. The summed E-state index contributed by atoms with van der Waals surface area (Å²) in [6.45, 7) is 1.30. The minimum atomic E-state index is -0.446. The van der Waals surface area contributed by atoms with Gasteiger partial charge in [-0.25, -0.2) is 0 Å². The number of hydrogen-bond donors (Lipinski definition) is 0. The Morgan fingerprint density at radius 2 is 1.96 bits per heavy atom. The van der Waals surface area contributed by atoms with Crippen molar-refractivity contribution in [1.82, 2.24) is 0 Å². The van der Waals surface area contributed by atoms with Gasteiger partial charge in [0.05, 0.1) is 5.56 Å². The molecule has 0 spiro atoms. The summed E-state index contributed by atoms with van der Waals surface area (Å²) >= 11 is 11.9. The van der Waals surface area contributed by atoms with Crippen molar-refractivity contribution >= 4 is 41.0 Å². The predicted octanol–water partition coefficient (Wildman–Crippen LogP) is 4.53. The lowest BCUT2D eigenvalue weighted by molar-refractivity contribution is -0.131. The fourth-order valence-corrected chi connectivity index (χ4v) is 2.62. The molecule has 0 N–H and O–H groups in total. The van der Waals surface area contributed by atoms with Crippen LogP contribution in [0.5, 0.6) is 11.5 Å². The molecule has 0 amide bonds. The van der Waals surface area contributed by atoms with E-state index in [9.17, 15) is 9.59 Å².